The highest BCUT2D eigenvalue weighted by Gasteiger charge is 2.14. The normalized spacial score (nSPS) is 15.7. The molecule has 0 radical (unpaired) electrons. The van der Waals surface area contributed by atoms with E-state index in [4.69, 9.17) is 5.11 Å². The summed E-state index contributed by atoms with van der Waals surface area (Å²) in [4.78, 5) is 15.3. The third-order valence-corrected chi connectivity index (χ3v) is 3.30. The SMILES string of the molecule is CCC(=CCn1cnc2c1CCCC2)C(=O)O. The van der Waals surface area contributed by atoms with E-state index >= 15 is 0 Å². The Morgan fingerprint density at radius 3 is 3.00 bits per heavy atom. The van der Waals surface area contributed by atoms with Gasteiger partial charge in [0.05, 0.1) is 12.0 Å². The van der Waals surface area contributed by atoms with E-state index in [0.29, 0.717) is 18.5 Å². The average Bonchev–Trinajstić information content (AvgIpc) is 2.73. The Bertz CT molecular complexity index is 446. The predicted molar refractivity (Wildman–Crippen MR) is 64.9 cm³/mol. The summed E-state index contributed by atoms with van der Waals surface area (Å²) >= 11 is 0. The summed E-state index contributed by atoms with van der Waals surface area (Å²) in [5, 5.41) is 8.95. The van der Waals surface area contributed by atoms with Gasteiger partial charge in [0.15, 0.2) is 0 Å². The first kappa shape index (κ1) is 11.9. The number of fused-ring (bicyclic) bond motifs is 1. The van der Waals surface area contributed by atoms with Crippen molar-refractivity contribution in [3.63, 3.8) is 0 Å². The lowest BCUT2D eigenvalue weighted by Crippen LogP contribution is -2.08. The zero-order valence-electron chi connectivity index (χ0n) is 10.1. The number of imidazole rings is 1. The lowest BCUT2D eigenvalue weighted by atomic mass is 10.0. The molecule has 0 aliphatic heterocycles. The summed E-state index contributed by atoms with van der Waals surface area (Å²) in [6.07, 6.45) is 8.74. The molecule has 0 unspecified atom stereocenters. The highest BCUT2D eigenvalue weighted by molar-refractivity contribution is 5.86. The van der Waals surface area contributed by atoms with Gasteiger partial charge in [0, 0.05) is 17.8 Å². The van der Waals surface area contributed by atoms with Gasteiger partial charge in [-0.15, -0.1) is 0 Å². The van der Waals surface area contributed by atoms with Crippen molar-refractivity contribution in [2.45, 2.75) is 45.6 Å². The second kappa shape index (κ2) is 5.17. The summed E-state index contributed by atoms with van der Waals surface area (Å²) in [6.45, 7) is 2.49. The molecule has 1 aromatic rings. The fourth-order valence-corrected chi connectivity index (χ4v) is 2.28. The van der Waals surface area contributed by atoms with E-state index in [2.05, 4.69) is 9.55 Å². The molecule has 2 rings (SSSR count). The van der Waals surface area contributed by atoms with Crippen molar-refractivity contribution < 1.29 is 9.90 Å². The number of hydrogen-bond donors (Lipinski definition) is 1. The summed E-state index contributed by atoms with van der Waals surface area (Å²) in [7, 11) is 0. The number of aliphatic carboxylic acids is 1. The van der Waals surface area contributed by atoms with Crippen LogP contribution < -0.4 is 0 Å². The lowest BCUT2D eigenvalue weighted by molar-refractivity contribution is -0.132. The fraction of sp³-hybridized carbons (Fsp3) is 0.538. The van der Waals surface area contributed by atoms with E-state index in [0.717, 1.165) is 12.8 Å². The van der Waals surface area contributed by atoms with Gasteiger partial charge in [-0.2, -0.15) is 0 Å². The van der Waals surface area contributed by atoms with Gasteiger partial charge < -0.3 is 9.67 Å². The number of rotatable bonds is 4. The molecule has 0 fully saturated rings. The van der Waals surface area contributed by atoms with Crippen molar-refractivity contribution >= 4 is 5.97 Å². The van der Waals surface area contributed by atoms with E-state index in [1.54, 1.807) is 6.08 Å². The van der Waals surface area contributed by atoms with Crippen LogP contribution in [0.25, 0.3) is 0 Å². The number of carboxylic acids is 1. The molecule has 1 heterocycles. The predicted octanol–water partition coefficient (Wildman–Crippen LogP) is 2.18. The number of nitrogens with zero attached hydrogens (tertiary/aromatic N) is 2. The first-order valence-corrected chi connectivity index (χ1v) is 6.17. The molecule has 17 heavy (non-hydrogen) atoms. The smallest absolute Gasteiger partial charge is 0.331 e. The quantitative estimate of drug-likeness (QED) is 0.812. The van der Waals surface area contributed by atoms with Crippen molar-refractivity contribution in [2.75, 3.05) is 0 Å². The van der Waals surface area contributed by atoms with Crippen LogP contribution in [0.3, 0.4) is 0 Å². The molecule has 0 atom stereocenters. The van der Waals surface area contributed by atoms with Crippen molar-refractivity contribution in [3.05, 3.63) is 29.4 Å². The van der Waals surface area contributed by atoms with Crippen molar-refractivity contribution in [1.82, 2.24) is 9.55 Å². The van der Waals surface area contributed by atoms with Gasteiger partial charge in [-0.3, -0.25) is 0 Å². The average molecular weight is 234 g/mol. The maximum Gasteiger partial charge on any atom is 0.331 e. The van der Waals surface area contributed by atoms with Crippen LogP contribution in [0.2, 0.25) is 0 Å². The van der Waals surface area contributed by atoms with Gasteiger partial charge in [-0.25, -0.2) is 9.78 Å². The molecule has 0 amide bonds. The maximum atomic E-state index is 10.9. The Labute approximate surface area is 101 Å². The summed E-state index contributed by atoms with van der Waals surface area (Å²) < 4.78 is 2.08. The molecule has 1 aromatic heterocycles. The van der Waals surface area contributed by atoms with Crippen molar-refractivity contribution in [1.29, 1.82) is 0 Å². The Hall–Kier alpha value is -1.58. The lowest BCUT2D eigenvalue weighted by Gasteiger charge is -2.12. The molecule has 4 heteroatoms. The van der Waals surface area contributed by atoms with Gasteiger partial charge in [-0.1, -0.05) is 13.0 Å². The van der Waals surface area contributed by atoms with E-state index in [9.17, 15) is 4.79 Å². The minimum absolute atomic E-state index is 0.475. The van der Waals surface area contributed by atoms with Crippen LogP contribution in [0.4, 0.5) is 0 Å². The maximum absolute atomic E-state index is 10.9. The van der Waals surface area contributed by atoms with Gasteiger partial charge in [0.2, 0.25) is 0 Å². The molecule has 0 saturated carbocycles. The number of hydrogen-bond acceptors (Lipinski definition) is 2. The summed E-state index contributed by atoms with van der Waals surface area (Å²) in [6, 6.07) is 0. The monoisotopic (exact) mass is 234 g/mol. The van der Waals surface area contributed by atoms with Crippen LogP contribution in [0.15, 0.2) is 18.0 Å². The summed E-state index contributed by atoms with van der Waals surface area (Å²) in [5.74, 6) is -0.818. The highest BCUT2D eigenvalue weighted by Crippen LogP contribution is 2.20. The van der Waals surface area contributed by atoms with Gasteiger partial charge in [0.25, 0.3) is 0 Å². The number of aromatic nitrogens is 2. The molecule has 4 nitrogen and oxygen atoms in total. The zero-order chi connectivity index (χ0) is 12.3. The Kier molecular flexibility index (Phi) is 3.61. The standard InChI is InChI=1S/C13H18N2O2/c1-2-10(13(16)17)7-8-15-9-14-11-5-3-4-6-12(11)15/h7,9H,2-6,8H2,1H3,(H,16,17). The van der Waals surface area contributed by atoms with Crippen LogP contribution in [0.5, 0.6) is 0 Å². The van der Waals surface area contributed by atoms with Gasteiger partial charge in [-0.05, 0) is 32.1 Å². The van der Waals surface area contributed by atoms with Crippen LogP contribution in [0, 0.1) is 0 Å². The van der Waals surface area contributed by atoms with E-state index in [-0.39, 0.29) is 0 Å². The second-order valence-corrected chi connectivity index (χ2v) is 4.39. The fourth-order valence-electron chi connectivity index (χ4n) is 2.28. The number of allylic oxidation sites excluding steroid dienone is 1. The van der Waals surface area contributed by atoms with Crippen LogP contribution in [0.1, 0.15) is 37.6 Å². The number of carboxylic acid groups (broad SMARTS) is 1. The zero-order valence-corrected chi connectivity index (χ0v) is 10.1. The summed E-state index contributed by atoms with van der Waals surface area (Å²) in [5.41, 5.74) is 2.95. The van der Waals surface area contributed by atoms with E-state index in [1.165, 1.54) is 24.2 Å². The van der Waals surface area contributed by atoms with Crippen molar-refractivity contribution in [2.24, 2.45) is 0 Å². The van der Waals surface area contributed by atoms with E-state index < -0.39 is 5.97 Å². The molecule has 1 N–H and O–H groups in total. The van der Waals surface area contributed by atoms with Crippen molar-refractivity contribution in [3.8, 4) is 0 Å². The Morgan fingerprint density at radius 2 is 2.29 bits per heavy atom. The highest BCUT2D eigenvalue weighted by atomic mass is 16.4. The van der Waals surface area contributed by atoms with Crippen LogP contribution in [-0.4, -0.2) is 20.6 Å². The molecular formula is C13H18N2O2. The Balaban J connectivity index is 2.14. The van der Waals surface area contributed by atoms with Crippen LogP contribution in [-0.2, 0) is 24.2 Å². The number of aryl methyl sites for hydroxylation is 1. The first-order chi connectivity index (χ1) is 8.22. The minimum Gasteiger partial charge on any atom is -0.478 e. The molecule has 0 spiro atoms. The second-order valence-electron chi connectivity index (χ2n) is 4.39. The molecule has 0 aromatic carbocycles. The third kappa shape index (κ3) is 2.57. The molecule has 0 saturated heterocycles. The Morgan fingerprint density at radius 1 is 1.53 bits per heavy atom. The molecule has 1 aliphatic rings. The molecule has 0 bridgehead atoms. The minimum atomic E-state index is -0.818. The largest absolute Gasteiger partial charge is 0.478 e. The molecular weight excluding hydrogens is 216 g/mol. The van der Waals surface area contributed by atoms with Gasteiger partial charge >= 0.3 is 5.97 Å². The van der Waals surface area contributed by atoms with Crippen LogP contribution >= 0.6 is 0 Å². The van der Waals surface area contributed by atoms with E-state index in [1.807, 2.05) is 13.3 Å². The topological polar surface area (TPSA) is 55.1 Å². The third-order valence-electron chi connectivity index (χ3n) is 3.30. The first-order valence-electron chi connectivity index (χ1n) is 6.17. The molecule has 1 aliphatic carbocycles. The molecule has 92 valence electrons. The number of carbonyl (C=O) groups is 1. The van der Waals surface area contributed by atoms with Gasteiger partial charge in [0.1, 0.15) is 0 Å².